The third-order valence-electron chi connectivity index (χ3n) is 5.15. The molecule has 148 valence electrons. The van der Waals surface area contributed by atoms with Gasteiger partial charge in [0.1, 0.15) is 0 Å². The lowest BCUT2D eigenvalue weighted by Crippen LogP contribution is -2.41. The number of hydrogen-bond acceptors (Lipinski definition) is 1. The second-order valence-corrected chi connectivity index (χ2v) is 9.12. The van der Waals surface area contributed by atoms with Gasteiger partial charge >= 0.3 is 0 Å². The van der Waals surface area contributed by atoms with Crippen molar-refractivity contribution in [2.45, 2.75) is 106 Å². The quantitative estimate of drug-likeness (QED) is 0.449. The number of benzene rings is 1. The molecule has 1 amide bonds. The van der Waals surface area contributed by atoms with Gasteiger partial charge in [0.2, 0.25) is 5.91 Å². The molecule has 1 aromatic rings. The van der Waals surface area contributed by atoms with Crippen molar-refractivity contribution in [3.8, 4) is 0 Å². The highest BCUT2D eigenvalue weighted by atomic mass is 16.2. The summed E-state index contributed by atoms with van der Waals surface area (Å²) in [5.41, 5.74) is 3.91. The maximum absolute atomic E-state index is 13.2. The first-order valence-electron chi connectivity index (χ1n) is 10.5. The van der Waals surface area contributed by atoms with Crippen LogP contribution >= 0.6 is 0 Å². The summed E-state index contributed by atoms with van der Waals surface area (Å²) in [5.74, 6) is 0.313. The van der Waals surface area contributed by atoms with Crippen molar-refractivity contribution in [2.75, 3.05) is 0 Å². The van der Waals surface area contributed by atoms with Crippen LogP contribution < -0.4 is 0 Å². The molecule has 0 saturated carbocycles. The van der Waals surface area contributed by atoms with Crippen LogP contribution in [0.1, 0.15) is 96.3 Å². The average Bonchev–Trinajstić information content (AvgIpc) is 2.55. The smallest absolute Gasteiger partial charge is 0.223 e. The first-order valence-corrected chi connectivity index (χ1v) is 10.5. The van der Waals surface area contributed by atoms with E-state index in [0.717, 1.165) is 19.4 Å². The molecule has 0 radical (unpaired) electrons. The SMILES string of the molecule is CCCCC(CCCC)N(Cc1ccc(C)c(C)c1)C(=O)CC(C)(C)C. The van der Waals surface area contributed by atoms with E-state index in [-0.39, 0.29) is 5.41 Å². The van der Waals surface area contributed by atoms with Gasteiger partial charge in [-0.3, -0.25) is 4.79 Å². The van der Waals surface area contributed by atoms with Crippen molar-refractivity contribution >= 4 is 5.91 Å². The van der Waals surface area contributed by atoms with E-state index in [1.807, 2.05) is 0 Å². The van der Waals surface area contributed by atoms with Crippen LogP contribution in [0.5, 0.6) is 0 Å². The number of carbonyl (C=O) groups excluding carboxylic acids is 1. The Bertz CT molecular complexity index is 548. The van der Waals surface area contributed by atoms with Crippen LogP contribution in [0.25, 0.3) is 0 Å². The topological polar surface area (TPSA) is 20.3 Å². The molecule has 0 aliphatic carbocycles. The molecule has 0 aliphatic rings. The van der Waals surface area contributed by atoms with Gasteiger partial charge in [0.05, 0.1) is 0 Å². The largest absolute Gasteiger partial charge is 0.335 e. The zero-order valence-electron chi connectivity index (χ0n) is 18.3. The summed E-state index contributed by atoms with van der Waals surface area (Å²) in [4.78, 5) is 15.4. The number of rotatable bonds is 10. The molecule has 2 nitrogen and oxygen atoms in total. The number of nitrogens with zero attached hydrogens (tertiary/aromatic N) is 1. The first kappa shape index (κ1) is 22.7. The molecular weight excluding hydrogens is 318 g/mol. The van der Waals surface area contributed by atoms with E-state index < -0.39 is 0 Å². The molecule has 0 unspecified atom stereocenters. The minimum Gasteiger partial charge on any atom is -0.335 e. The summed E-state index contributed by atoms with van der Waals surface area (Å²) in [7, 11) is 0. The number of hydrogen-bond donors (Lipinski definition) is 0. The van der Waals surface area contributed by atoms with Gasteiger partial charge in [0, 0.05) is 19.0 Å². The predicted octanol–water partition coefficient (Wildman–Crippen LogP) is 6.82. The van der Waals surface area contributed by atoms with Crippen LogP contribution in [-0.4, -0.2) is 16.8 Å². The van der Waals surface area contributed by atoms with Gasteiger partial charge in [0.25, 0.3) is 0 Å². The van der Waals surface area contributed by atoms with Crippen molar-refractivity contribution < 1.29 is 4.79 Å². The lowest BCUT2D eigenvalue weighted by molar-refractivity contribution is -0.136. The molecular formula is C24H41NO. The summed E-state index contributed by atoms with van der Waals surface area (Å²) in [5, 5.41) is 0. The van der Waals surface area contributed by atoms with E-state index in [1.54, 1.807) is 0 Å². The lowest BCUT2D eigenvalue weighted by atomic mass is 9.90. The predicted molar refractivity (Wildman–Crippen MR) is 113 cm³/mol. The van der Waals surface area contributed by atoms with Gasteiger partial charge in [-0.25, -0.2) is 0 Å². The molecule has 0 spiro atoms. The second kappa shape index (κ2) is 10.7. The Morgan fingerprint density at radius 1 is 1.00 bits per heavy atom. The van der Waals surface area contributed by atoms with E-state index >= 15 is 0 Å². The summed E-state index contributed by atoms with van der Waals surface area (Å²) in [6.45, 7) is 16.0. The number of amides is 1. The minimum atomic E-state index is 0.0264. The summed E-state index contributed by atoms with van der Waals surface area (Å²) in [6.07, 6.45) is 7.63. The summed E-state index contributed by atoms with van der Waals surface area (Å²) >= 11 is 0. The van der Waals surface area contributed by atoms with Crippen LogP contribution in [0.4, 0.5) is 0 Å². The van der Waals surface area contributed by atoms with E-state index in [2.05, 4.69) is 71.6 Å². The minimum absolute atomic E-state index is 0.0264. The Morgan fingerprint density at radius 2 is 1.58 bits per heavy atom. The van der Waals surface area contributed by atoms with Crippen LogP contribution in [0.15, 0.2) is 18.2 Å². The fourth-order valence-corrected chi connectivity index (χ4v) is 3.41. The van der Waals surface area contributed by atoms with E-state index in [4.69, 9.17) is 0 Å². The lowest BCUT2D eigenvalue weighted by Gasteiger charge is -2.34. The van der Waals surface area contributed by atoms with Crippen LogP contribution in [0.3, 0.4) is 0 Å². The van der Waals surface area contributed by atoms with Crippen LogP contribution in [0.2, 0.25) is 0 Å². The maximum Gasteiger partial charge on any atom is 0.223 e. The number of aryl methyl sites for hydroxylation is 2. The van der Waals surface area contributed by atoms with Crippen molar-refractivity contribution in [1.82, 2.24) is 4.90 Å². The molecule has 0 atom stereocenters. The van der Waals surface area contributed by atoms with E-state index in [0.29, 0.717) is 18.4 Å². The van der Waals surface area contributed by atoms with Crippen molar-refractivity contribution in [3.63, 3.8) is 0 Å². The molecule has 0 N–H and O–H groups in total. The molecule has 26 heavy (non-hydrogen) atoms. The zero-order valence-corrected chi connectivity index (χ0v) is 18.3. The van der Waals surface area contributed by atoms with Gasteiger partial charge in [-0.1, -0.05) is 78.5 Å². The van der Waals surface area contributed by atoms with Gasteiger partial charge in [-0.2, -0.15) is 0 Å². The van der Waals surface area contributed by atoms with Gasteiger partial charge < -0.3 is 4.90 Å². The maximum atomic E-state index is 13.2. The molecule has 0 fully saturated rings. The van der Waals surface area contributed by atoms with Gasteiger partial charge in [0.15, 0.2) is 0 Å². The van der Waals surface area contributed by atoms with Gasteiger partial charge in [-0.15, -0.1) is 0 Å². The molecule has 0 heterocycles. The second-order valence-electron chi connectivity index (χ2n) is 9.12. The van der Waals surface area contributed by atoms with Crippen molar-refractivity contribution in [1.29, 1.82) is 0 Å². The Kier molecular flexibility index (Phi) is 9.39. The third kappa shape index (κ3) is 7.93. The first-order chi connectivity index (χ1) is 12.2. The van der Waals surface area contributed by atoms with Crippen molar-refractivity contribution in [3.05, 3.63) is 34.9 Å². The molecule has 0 aromatic heterocycles. The highest BCUT2D eigenvalue weighted by Crippen LogP contribution is 2.25. The Balaban J connectivity index is 3.07. The summed E-state index contributed by atoms with van der Waals surface area (Å²) < 4.78 is 0. The number of carbonyl (C=O) groups is 1. The number of unbranched alkanes of at least 4 members (excludes halogenated alkanes) is 2. The highest BCUT2D eigenvalue weighted by molar-refractivity contribution is 5.77. The zero-order chi connectivity index (χ0) is 19.7. The monoisotopic (exact) mass is 359 g/mol. The fraction of sp³-hybridized carbons (Fsp3) is 0.708. The molecule has 2 heteroatoms. The van der Waals surface area contributed by atoms with Gasteiger partial charge in [-0.05, 0) is 48.8 Å². The third-order valence-corrected chi connectivity index (χ3v) is 5.15. The fourth-order valence-electron chi connectivity index (χ4n) is 3.41. The molecule has 0 bridgehead atoms. The summed E-state index contributed by atoms with van der Waals surface area (Å²) in [6, 6.07) is 7.00. The molecule has 1 aromatic carbocycles. The van der Waals surface area contributed by atoms with E-state index in [9.17, 15) is 4.79 Å². The van der Waals surface area contributed by atoms with E-state index in [1.165, 1.54) is 42.4 Å². The standard InChI is InChI=1S/C24H41NO/c1-8-10-12-22(13-11-9-2)25(23(26)17-24(5,6)7)18-21-15-14-19(3)20(4)16-21/h14-16,22H,8-13,17-18H2,1-7H3. The Morgan fingerprint density at radius 3 is 2.04 bits per heavy atom. The highest BCUT2D eigenvalue weighted by Gasteiger charge is 2.26. The van der Waals surface area contributed by atoms with Crippen molar-refractivity contribution in [2.24, 2.45) is 5.41 Å². The Labute approximate surface area is 162 Å². The van der Waals surface area contributed by atoms with Crippen LogP contribution in [-0.2, 0) is 11.3 Å². The van der Waals surface area contributed by atoms with Crippen LogP contribution in [0, 0.1) is 19.3 Å². The molecule has 1 rings (SSSR count). The molecule has 0 saturated heterocycles. The normalized spacial score (nSPS) is 11.8. The molecule has 0 aliphatic heterocycles. The average molecular weight is 360 g/mol. The Hall–Kier alpha value is -1.31.